The topological polar surface area (TPSA) is 56.0 Å². The first-order valence-electron chi connectivity index (χ1n) is 7.14. The third-order valence-corrected chi connectivity index (χ3v) is 3.93. The van der Waals surface area contributed by atoms with Crippen molar-refractivity contribution >= 4 is 0 Å². The molecule has 3 atom stereocenters. The van der Waals surface area contributed by atoms with E-state index in [0.717, 1.165) is 25.7 Å². The molecule has 3 unspecified atom stereocenters. The van der Waals surface area contributed by atoms with Crippen LogP contribution in [0.15, 0.2) is 30.3 Å². The van der Waals surface area contributed by atoms with E-state index in [-0.39, 0.29) is 24.6 Å². The van der Waals surface area contributed by atoms with Crippen molar-refractivity contribution in [2.45, 2.75) is 44.2 Å². The predicted octanol–water partition coefficient (Wildman–Crippen LogP) is 2.26. The van der Waals surface area contributed by atoms with Crippen molar-refractivity contribution in [2.24, 2.45) is 5.92 Å². The van der Waals surface area contributed by atoms with E-state index in [2.05, 4.69) is 23.5 Å². The lowest BCUT2D eigenvalue weighted by Gasteiger charge is -2.31. The molecule has 1 aliphatic rings. The van der Waals surface area contributed by atoms with Crippen LogP contribution in [0, 0.1) is 17.2 Å². The Morgan fingerprint density at radius 1 is 1.26 bits per heavy atom. The van der Waals surface area contributed by atoms with E-state index in [4.69, 9.17) is 0 Å². The molecule has 1 aromatic carbocycles. The lowest BCUT2D eigenvalue weighted by molar-refractivity contribution is 0.204. The lowest BCUT2D eigenvalue weighted by atomic mass is 9.85. The molecule has 1 fully saturated rings. The molecule has 0 heterocycles. The maximum absolute atomic E-state index is 9.53. The summed E-state index contributed by atoms with van der Waals surface area (Å²) in [7, 11) is 0. The maximum atomic E-state index is 9.53. The van der Waals surface area contributed by atoms with Crippen molar-refractivity contribution in [3.63, 3.8) is 0 Å². The highest BCUT2D eigenvalue weighted by molar-refractivity contribution is 5.16. The lowest BCUT2D eigenvalue weighted by Crippen LogP contribution is -2.46. The van der Waals surface area contributed by atoms with Gasteiger partial charge >= 0.3 is 0 Å². The largest absolute Gasteiger partial charge is 0.395 e. The van der Waals surface area contributed by atoms with E-state index in [1.54, 1.807) is 0 Å². The number of hydrogen-bond donors (Lipinski definition) is 2. The highest BCUT2D eigenvalue weighted by Gasteiger charge is 2.26. The Morgan fingerprint density at radius 3 is 2.68 bits per heavy atom. The fraction of sp³-hybridized carbons (Fsp3) is 0.562. The first-order valence-corrected chi connectivity index (χ1v) is 7.14. The zero-order chi connectivity index (χ0) is 13.5. The summed E-state index contributed by atoms with van der Waals surface area (Å²) >= 11 is 0. The summed E-state index contributed by atoms with van der Waals surface area (Å²) in [5.41, 5.74) is 1.22. The fourth-order valence-electron chi connectivity index (χ4n) is 2.86. The smallest absolute Gasteiger partial charge is 0.0672 e. The van der Waals surface area contributed by atoms with Crippen molar-refractivity contribution in [3.05, 3.63) is 35.9 Å². The standard InChI is InChI=1S/C16H22N2O/c17-11-14-8-4-5-9-16(14)18-15(12-19)10-13-6-2-1-3-7-13/h1-3,6-7,14-16,18-19H,4-5,8-10,12H2. The summed E-state index contributed by atoms with van der Waals surface area (Å²) in [6, 6.07) is 12.9. The van der Waals surface area contributed by atoms with Crippen LogP contribution < -0.4 is 5.32 Å². The molecule has 102 valence electrons. The Hall–Kier alpha value is -1.37. The Balaban J connectivity index is 1.93. The minimum atomic E-state index is 0.0429. The van der Waals surface area contributed by atoms with Crippen LogP contribution >= 0.6 is 0 Å². The summed E-state index contributed by atoms with van der Waals surface area (Å²) < 4.78 is 0. The minimum absolute atomic E-state index is 0.0429. The molecule has 0 aromatic heterocycles. The SMILES string of the molecule is N#CC1CCCCC1NC(CO)Cc1ccccc1. The Labute approximate surface area is 115 Å². The van der Waals surface area contributed by atoms with E-state index in [1.165, 1.54) is 12.0 Å². The van der Waals surface area contributed by atoms with Crippen molar-refractivity contribution < 1.29 is 5.11 Å². The number of nitriles is 1. The number of nitrogens with one attached hydrogen (secondary N) is 1. The molecule has 19 heavy (non-hydrogen) atoms. The first-order chi connectivity index (χ1) is 9.33. The molecule has 3 heteroatoms. The van der Waals surface area contributed by atoms with Crippen LogP contribution in [0.1, 0.15) is 31.2 Å². The van der Waals surface area contributed by atoms with E-state index >= 15 is 0 Å². The third kappa shape index (κ3) is 4.05. The molecule has 3 nitrogen and oxygen atoms in total. The summed E-state index contributed by atoms with van der Waals surface area (Å²) in [6.45, 7) is 0.115. The molecule has 1 aliphatic carbocycles. The molecule has 0 radical (unpaired) electrons. The average Bonchev–Trinajstić information content (AvgIpc) is 2.48. The third-order valence-electron chi connectivity index (χ3n) is 3.93. The Kier molecular flexibility index (Phi) is 5.38. The highest BCUT2D eigenvalue weighted by Crippen LogP contribution is 2.24. The molecular formula is C16H22N2O. The van der Waals surface area contributed by atoms with Gasteiger partial charge in [-0.05, 0) is 24.8 Å². The molecule has 0 amide bonds. The molecule has 1 saturated carbocycles. The van der Waals surface area contributed by atoms with Crippen molar-refractivity contribution in [1.29, 1.82) is 5.26 Å². The minimum Gasteiger partial charge on any atom is -0.395 e. The van der Waals surface area contributed by atoms with Gasteiger partial charge in [0.1, 0.15) is 0 Å². The van der Waals surface area contributed by atoms with E-state index in [9.17, 15) is 10.4 Å². The summed E-state index contributed by atoms with van der Waals surface area (Å²) in [4.78, 5) is 0. The number of hydrogen-bond acceptors (Lipinski definition) is 3. The fourth-order valence-corrected chi connectivity index (χ4v) is 2.86. The number of aliphatic hydroxyl groups excluding tert-OH is 1. The van der Waals surface area contributed by atoms with Gasteiger partial charge in [-0.25, -0.2) is 0 Å². The van der Waals surface area contributed by atoms with Crippen molar-refractivity contribution in [3.8, 4) is 6.07 Å². The van der Waals surface area contributed by atoms with Gasteiger partial charge in [-0.2, -0.15) is 5.26 Å². The predicted molar refractivity (Wildman–Crippen MR) is 75.5 cm³/mol. The normalized spacial score (nSPS) is 24.6. The van der Waals surface area contributed by atoms with Crippen LogP contribution in [0.4, 0.5) is 0 Å². The van der Waals surface area contributed by atoms with Crippen molar-refractivity contribution in [2.75, 3.05) is 6.61 Å². The van der Waals surface area contributed by atoms with E-state index < -0.39 is 0 Å². The number of benzene rings is 1. The number of nitrogens with zero attached hydrogens (tertiary/aromatic N) is 1. The van der Waals surface area contributed by atoms with Crippen LogP contribution in [0.2, 0.25) is 0 Å². The molecule has 0 spiro atoms. The van der Waals surface area contributed by atoms with Gasteiger partial charge in [0.05, 0.1) is 18.6 Å². The zero-order valence-electron chi connectivity index (χ0n) is 11.3. The summed E-state index contributed by atoms with van der Waals surface area (Å²) in [6.07, 6.45) is 5.17. The van der Waals surface area contributed by atoms with Crippen LogP contribution in [-0.2, 0) is 6.42 Å². The number of aliphatic hydroxyl groups is 1. The summed E-state index contributed by atoms with van der Waals surface area (Å²) in [5.74, 6) is 0.0959. The highest BCUT2D eigenvalue weighted by atomic mass is 16.3. The van der Waals surface area contributed by atoms with Gasteiger partial charge in [-0.15, -0.1) is 0 Å². The maximum Gasteiger partial charge on any atom is 0.0672 e. The van der Waals surface area contributed by atoms with Gasteiger partial charge in [-0.1, -0.05) is 43.2 Å². The molecule has 0 saturated heterocycles. The van der Waals surface area contributed by atoms with Gasteiger partial charge in [0.2, 0.25) is 0 Å². The first kappa shape index (κ1) is 14.0. The number of rotatable bonds is 5. The van der Waals surface area contributed by atoms with E-state index in [1.807, 2.05) is 18.2 Å². The second kappa shape index (κ2) is 7.28. The average molecular weight is 258 g/mol. The van der Waals surface area contributed by atoms with Crippen LogP contribution in [-0.4, -0.2) is 23.8 Å². The second-order valence-corrected chi connectivity index (χ2v) is 5.36. The zero-order valence-corrected chi connectivity index (χ0v) is 11.3. The molecular weight excluding hydrogens is 236 g/mol. The molecule has 2 rings (SSSR count). The van der Waals surface area contributed by atoms with Gasteiger partial charge in [0.25, 0.3) is 0 Å². The quantitative estimate of drug-likeness (QED) is 0.851. The van der Waals surface area contributed by atoms with Crippen LogP contribution in [0.25, 0.3) is 0 Å². The molecule has 1 aromatic rings. The van der Waals surface area contributed by atoms with Crippen molar-refractivity contribution in [1.82, 2.24) is 5.32 Å². The van der Waals surface area contributed by atoms with Crippen LogP contribution in [0.3, 0.4) is 0 Å². The van der Waals surface area contributed by atoms with Crippen LogP contribution in [0.5, 0.6) is 0 Å². The Bertz CT molecular complexity index is 413. The van der Waals surface area contributed by atoms with Gasteiger partial charge < -0.3 is 10.4 Å². The Morgan fingerprint density at radius 2 is 2.00 bits per heavy atom. The van der Waals surface area contributed by atoms with Gasteiger partial charge in [0.15, 0.2) is 0 Å². The van der Waals surface area contributed by atoms with Gasteiger partial charge in [0, 0.05) is 12.1 Å². The molecule has 2 N–H and O–H groups in total. The molecule has 0 bridgehead atoms. The monoisotopic (exact) mass is 258 g/mol. The van der Waals surface area contributed by atoms with E-state index in [0.29, 0.717) is 0 Å². The summed E-state index contributed by atoms with van der Waals surface area (Å²) in [5, 5.41) is 22.2. The van der Waals surface area contributed by atoms with Gasteiger partial charge in [-0.3, -0.25) is 0 Å². The second-order valence-electron chi connectivity index (χ2n) is 5.36. The molecule has 0 aliphatic heterocycles.